The number of likely N-dealkylation sites (tertiary alicyclic amines) is 1. The third-order valence-electron chi connectivity index (χ3n) is 4.85. The summed E-state index contributed by atoms with van der Waals surface area (Å²) in [4.78, 5) is 25.0. The Bertz CT molecular complexity index is 398. The zero-order valence-electron chi connectivity index (χ0n) is 12.9. The van der Waals surface area contributed by atoms with Crippen molar-refractivity contribution < 1.29 is 14.7 Å². The Balaban J connectivity index is 1.79. The molecule has 120 valence electrons. The van der Waals surface area contributed by atoms with E-state index >= 15 is 0 Å². The van der Waals surface area contributed by atoms with Gasteiger partial charge in [-0.2, -0.15) is 11.8 Å². The minimum Gasteiger partial charge on any atom is -0.481 e. The molecule has 21 heavy (non-hydrogen) atoms. The first-order chi connectivity index (χ1) is 9.96. The van der Waals surface area contributed by atoms with Crippen LogP contribution in [-0.2, 0) is 4.79 Å². The Hall–Kier alpha value is -0.910. The van der Waals surface area contributed by atoms with E-state index in [1.165, 1.54) is 12.8 Å². The minimum atomic E-state index is -0.750. The SMILES string of the molecule is CSC1(CNC(=O)N2CCCC(C(C)CC(=O)O)C2)CC1. The molecule has 2 N–H and O–H groups in total. The van der Waals surface area contributed by atoms with Crippen LogP contribution in [0.1, 0.15) is 39.0 Å². The minimum absolute atomic E-state index is 0.0163. The van der Waals surface area contributed by atoms with Crippen molar-refractivity contribution in [3.05, 3.63) is 0 Å². The maximum Gasteiger partial charge on any atom is 0.317 e. The monoisotopic (exact) mass is 314 g/mol. The highest BCUT2D eigenvalue weighted by Crippen LogP contribution is 2.46. The Morgan fingerprint density at radius 1 is 1.48 bits per heavy atom. The number of carboxylic acid groups (broad SMARTS) is 1. The molecule has 0 aromatic rings. The van der Waals surface area contributed by atoms with Crippen LogP contribution in [-0.4, -0.2) is 52.6 Å². The van der Waals surface area contributed by atoms with E-state index in [1.807, 2.05) is 23.6 Å². The van der Waals surface area contributed by atoms with Gasteiger partial charge in [0.1, 0.15) is 0 Å². The number of aliphatic carboxylic acids is 1. The quantitative estimate of drug-likeness (QED) is 0.790. The van der Waals surface area contributed by atoms with E-state index in [4.69, 9.17) is 5.11 Å². The van der Waals surface area contributed by atoms with Crippen molar-refractivity contribution in [3.63, 3.8) is 0 Å². The molecule has 2 unspecified atom stereocenters. The number of nitrogens with one attached hydrogen (secondary N) is 1. The standard InChI is InChI=1S/C15H26N2O3S/c1-11(8-13(18)19)12-4-3-7-17(9-12)14(20)16-10-15(21-2)5-6-15/h11-12H,3-10H2,1-2H3,(H,16,20)(H,18,19). The summed E-state index contributed by atoms with van der Waals surface area (Å²) in [5.41, 5.74) is 0. The third-order valence-corrected chi connectivity index (χ3v) is 6.27. The molecule has 2 fully saturated rings. The number of thioether (sulfide) groups is 1. The van der Waals surface area contributed by atoms with Gasteiger partial charge in [-0.15, -0.1) is 0 Å². The molecule has 5 nitrogen and oxygen atoms in total. The van der Waals surface area contributed by atoms with Crippen LogP contribution in [0.2, 0.25) is 0 Å². The van der Waals surface area contributed by atoms with E-state index in [9.17, 15) is 9.59 Å². The first kappa shape index (κ1) is 16.5. The first-order valence-electron chi connectivity index (χ1n) is 7.75. The van der Waals surface area contributed by atoms with Gasteiger partial charge < -0.3 is 15.3 Å². The number of hydrogen-bond donors (Lipinski definition) is 2. The number of carboxylic acids is 1. The fraction of sp³-hybridized carbons (Fsp3) is 0.867. The molecule has 2 aliphatic rings. The van der Waals surface area contributed by atoms with Crippen molar-refractivity contribution >= 4 is 23.8 Å². The molecule has 1 saturated heterocycles. The van der Waals surface area contributed by atoms with Gasteiger partial charge in [0, 0.05) is 30.8 Å². The zero-order valence-corrected chi connectivity index (χ0v) is 13.7. The summed E-state index contributed by atoms with van der Waals surface area (Å²) in [5.74, 6) is -0.324. The maximum absolute atomic E-state index is 12.3. The van der Waals surface area contributed by atoms with Crippen LogP contribution in [0, 0.1) is 11.8 Å². The van der Waals surface area contributed by atoms with Crippen LogP contribution >= 0.6 is 11.8 Å². The van der Waals surface area contributed by atoms with Crippen molar-refractivity contribution in [3.8, 4) is 0 Å². The lowest BCUT2D eigenvalue weighted by Gasteiger charge is -2.35. The van der Waals surface area contributed by atoms with E-state index in [0.717, 1.165) is 25.9 Å². The van der Waals surface area contributed by atoms with Crippen LogP contribution in [0.15, 0.2) is 0 Å². The number of carbonyl (C=O) groups is 2. The van der Waals surface area contributed by atoms with Gasteiger partial charge in [0.05, 0.1) is 0 Å². The van der Waals surface area contributed by atoms with Gasteiger partial charge in [-0.05, 0) is 43.8 Å². The number of nitrogens with zero attached hydrogens (tertiary/aromatic N) is 1. The van der Waals surface area contributed by atoms with Gasteiger partial charge >= 0.3 is 12.0 Å². The van der Waals surface area contributed by atoms with Crippen LogP contribution in [0.3, 0.4) is 0 Å². The number of rotatable bonds is 6. The smallest absolute Gasteiger partial charge is 0.317 e. The highest BCUT2D eigenvalue weighted by molar-refractivity contribution is 8.00. The molecule has 1 aliphatic carbocycles. The summed E-state index contributed by atoms with van der Waals surface area (Å²) < 4.78 is 0.279. The van der Waals surface area contributed by atoms with Crippen molar-refractivity contribution in [2.75, 3.05) is 25.9 Å². The van der Waals surface area contributed by atoms with Gasteiger partial charge in [-0.3, -0.25) is 4.79 Å². The molecular weight excluding hydrogens is 288 g/mol. The van der Waals surface area contributed by atoms with Crippen molar-refractivity contribution in [2.45, 2.75) is 43.8 Å². The van der Waals surface area contributed by atoms with E-state index in [2.05, 4.69) is 11.6 Å². The van der Waals surface area contributed by atoms with Gasteiger partial charge in [0.2, 0.25) is 0 Å². The average molecular weight is 314 g/mol. The van der Waals surface area contributed by atoms with Gasteiger partial charge in [-0.25, -0.2) is 4.79 Å². The lowest BCUT2D eigenvalue weighted by molar-refractivity contribution is -0.138. The number of urea groups is 1. The Morgan fingerprint density at radius 3 is 2.76 bits per heavy atom. The molecule has 2 atom stereocenters. The van der Waals surface area contributed by atoms with Gasteiger partial charge in [0.15, 0.2) is 0 Å². The second kappa shape index (κ2) is 6.90. The molecular formula is C15H26N2O3S. The lowest BCUT2D eigenvalue weighted by atomic mass is 9.85. The summed E-state index contributed by atoms with van der Waals surface area (Å²) in [6, 6.07) is 0.0163. The second-order valence-electron chi connectivity index (χ2n) is 6.47. The fourth-order valence-electron chi connectivity index (χ4n) is 3.04. The normalized spacial score (nSPS) is 25.2. The largest absolute Gasteiger partial charge is 0.481 e. The van der Waals surface area contributed by atoms with Crippen molar-refractivity contribution in [2.24, 2.45) is 11.8 Å². The highest BCUT2D eigenvalue weighted by atomic mass is 32.2. The number of hydrogen-bond acceptors (Lipinski definition) is 3. The van der Waals surface area contributed by atoms with E-state index in [-0.39, 0.29) is 23.1 Å². The van der Waals surface area contributed by atoms with Crippen LogP contribution in [0.4, 0.5) is 4.79 Å². The molecule has 6 heteroatoms. The Morgan fingerprint density at radius 2 is 2.19 bits per heavy atom. The van der Waals surface area contributed by atoms with Gasteiger partial charge in [0.25, 0.3) is 0 Å². The van der Waals surface area contributed by atoms with Crippen molar-refractivity contribution in [1.29, 1.82) is 0 Å². The number of carbonyl (C=O) groups excluding carboxylic acids is 1. The summed E-state index contributed by atoms with van der Waals surface area (Å²) >= 11 is 1.84. The molecule has 2 rings (SSSR count). The van der Waals surface area contributed by atoms with E-state index in [0.29, 0.717) is 12.5 Å². The topological polar surface area (TPSA) is 69.6 Å². The molecule has 0 radical (unpaired) electrons. The predicted molar refractivity (Wildman–Crippen MR) is 84.6 cm³/mol. The van der Waals surface area contributed by atoms with Crippen LogP contribution in [0.5, 0.6) is 0 Å². The summed E-state index contributed by atoms with van der Waals surface area (Å²) in [6.07, 6.45) is 6.65. The predicted octanol–water partition coefficient (Wildman–Crippen LogP) is 2.41. The zero-order chi connectivity index (χ0) is 15.5. The highest BCUT2D eigenvalue weighted by Gasteiger charge is 2.42. The Kier molecular flexibility index (Phi) is 5.41. The fourth-order valence-corrected chi connectivity index (χ4v) is 3.77. The molecule has 1 saturated carbocycles. The molecule has 0 aromatic heterocycles. The Labute approximate surface area is 130 Å². The molecule has 0 bridgehead atoms. The van der Waals surface area contributed by atoms with Gasteiger partial charge in [-0.1, -0.05) is 6.92 Å². The molecule has 0 spiro atoms. The summed E-state index contributed by atoms with van der Waals surface area (Å²) in [6.45, 7) is 4.20. The molecule has 1 aliphatic heterocycles. The van der Waals surface area contributed by atoms with Crippen molar-refractivity contribution in [1.82, 2.24) is 10.2 Å². The molecule has 1 heterocycles. The number of piperidine rings is 1. The second-order valence-corrected chi connectivity index (χ2v) is 7.74. The number of amides is 2. The maximum atomic E-state index is 12.3. The lowest BCUT2D eigenvalue weighted by Crippen LogP contribution is -2.48. The summed E-state index contributed by atoms with van der Waals surface area (Å²) in [7, 11) is 0. The van der Waals surface area contributed by atoms with Crippen LogP contribution in [0.25, 0.3) is 0 Å². The van der Waals surface area contributed by atoms with Crippen LogP contribution < -0.4 is 5.32 Å². The summed E-state index contributed by atoms with van der Waals surface area (Å²) in [5, 5.41) is 12.0. The molecule has 2 amide bonds. The average Bonchev–Trinajstić information content (AvgIpc) is 3.25. The van der Waals surface area contributed by atoms with E-state index in [1.54, 1.807) is 0 Å². The third kappa shape index (κ3) is 4.53. The first-order valence-corrected chi connectivity index (χ1v) is 8.98. The molecule has 0 aromatic carbocycles. The van der Waals surface area contributed by atoms with E-state index < -0.39 is 5.97 Å².